The summed E-state index contributed by atoms with van der Waals surface area (Å²) in [6.45, 7) is 16.1. The zero-order valence-corrected chi connectivity index (χ0v) is 17.7. The molecule has 4 nitrogen and oxygen atoms in total. The van der Waals surface area contributed by atoms with Crippen LogP contribution in [0, 0.1) is 6.92 Å². The lowest BCUT2D eigenvalue weighted by molar-refractivity contribution is 0.579. The molecule has 2 aliphatic heterocycles. The fourth-order valence-corrected chi connectivity index (χ4v) is 5.14. The smallest absolute Gasteiger partial charge is 0.140 e. The average molecular weight is 393 g/mol. The number of hydrogen-bond donors (Lipinski definition) is 1. The minimum Gasteiger partial charge on any atom is -0.379 e. The van der Waals surface area contributed by atoms with Crippen LogP contribution in [0.15, 0.2) is 65.9 Å². The highest BCUT2D eigenvalue weighted by atomic mass is 32.2. The Kier molecular flexibility index (Phi) is 5.11. The topological polar surface area (TPSA) is 33.1 Å². The molecule has 3 heterocycles. The van der Waals surface area contributed by atoms with E-state index in [0.29, 0.717) is 5.25 Å². The van der Waals surface area contributed by atoms with E-state index in [4.69, 9.17) is 5.10 Å². The van der Waals surface area contributed by atoms with Gasteiger partial charge in [-0.2, -0.15) is 5.10 Å². The minimum absolute atomic E-state index is 0.147. The molecule has 1 aromatic carbocycles. The summed E-state index contributed by atoms with van der Waals surface area (Å²) >= 11 is 1.86. The molecule has 4 rings (SSSR count). The van der Waals surface area contributed by atoms with Crippen LogP contribution in [0.4, 0.5) is 5.82 Å². The Balaban J connectivity index is 1.64. The van der Waals surface area contributed by atoms with Crippen molar-refractivity contribution < 1.29 is 0 Å². The van der Waals surface area contributed by atoms with Crippen LogP contribution < -0.4 is 10.2 Å². The number of hydrogen-bond acceptors (Lipinski definition) is 4. The first kappa shape index (κ1) is 18.9. The third-order valence-electron chi connectivity index (χ3n) is 5.58. The van der Waals surface area contributed by atoms with Crippen molar-refractivity contribution >= 4 is 17.6 Å². The molecule has 2 aliphatic rings. The van der Waals surface area contributed by atoms with Gasteiger partial charge in [-0.15, -0.1) is 11.8 Å². The maximum atomic E-state index is 4.87. The lowest BCUT2D eigenvalue weighted by atomic mass is 9.97. The molecule has 1 aromatic heterocycles. The molecular weight excluding hydrogens is 364 g/mol. The minimum atomic E-state index is 0.147. The summed E-state index contributed by atoms with van der Waals surface area (Å²) in [4.78, 5) is 2.29. The Hall–Kier alpha value is -2.40. The van der Waals surface area contributed by atoms with E-state index in [1.807, 2.05) is 17.8 Å². The van der Waals surface area contributed by atoms with Crippen LogP contribution in [0.1, 0.15) is 31.5 Å². The highest BCUT2D eigenvalue weighted by Crippen LogP contribution is 2.38. The number of anilines is 1. The van der Waals surface area contributed by atoms with Gasteiger partial charge in [-0.25, -0.2) is 4.68 Å². The Morgan fingerprint density at radius 2 is 2.00 bits per heavy atom. The lowest BCUT2D eigenvalue weighted by Gasteiger charge is -2.38. The molecule has 0 aliphatic carbocycles. The van der Waals surface area contributed by atoms with Crippen LogP contribution in [0.25, 0.3) is 5.69 Å². The Morgan fingerprint density at radius 3 is 2.64 bits per heavy atom. The predicted molar refractivity (Wildman–Crippen MR) is 120 cm³/mol. The molecule has 5 heteroatoms. The number of aromatic nitrogens is 2. The van der Waals surface area contributed by atoms with Gasteiger partial charge in [0, 0.05) is 29.9 Å². The van der Waals surface area contributed by atoms with Gasteiger partial charge < -0.3 is 10.2 Å². The van der Waals surface area contributed by atoms with Crippen molar-refractivity contribution in [3.63, 3.8) is 0 Å². The van der Waals surface area contributed by atoms with Crippen molar-refractivity contribution in [2.75, 3.05) is 11.4 Å². The molecule has 0 fully saturated rings. The zero-order chi connectivity index (χ0) is 19.8. The largest absolute Gasteiger partial charge is 0.379 e. The maximum absolute atomic E-state index is 4.87. The first-order chi connectivity index (χ1) is 13.5. The number of rotatable bonds is 5. The Morgan fingerprint density at radius 1 is 1.25 bits per heavy atom. The van der Waals surface area contributed by atoms with Gasteiger partial charge in [-0.3, -0.25) is 0 Å². The van der Waals surface area contributed by atoms with E-state index >= 15 is 0 Å². The molecule has 0 bridgehead atoms. The van der Waals surface area contributed by atoms with E-state index in [-0.39, 0.29) is 6.04 Å². The normalized spacial score (nSPS) is 21.5. The van der Waals surface area contributed by atoms with Crippen molar-refractivity contribution in [2.24, 2.45) is 0 Å². The second-order valence-corrected chi connectivity index (χ2v) is 8.67. The molecule has 2 atom stereocenters. The summed E-state index contributed by atoms with van der Waals surface area (Å²) in [6.07, 6.45) is 1.95. The van der Waals surface area contributed by atoms with Crippen LogP contribution in [0.5, 0.6) is 0 Å². The fraction of sp³-hybridized carbons (Fsp3) is 0.348. The van der Waals surface area contributed by atoms with Crippen molar-refractivity contribution in [1.82, 2.24) is 15.1 Å². The molecule has 0 saturated heterocycles. The van der Waals surface area contributed by atoms with Gasteiger partial charge in [0.1, 0.15) is 5.82 Å². The second kappa shape index (κ2) is 7.55. The molecule has 0 spiro atoms. The third kappa shape index (κ3) is 3.28. The van der Waals surface area contributed by atoms with Gasteiger partial charge in [0.15, 0.2) is 0 Å². The summed E-state index contributed by atoms with van der Waals surface area (Å²) in [5, 5.41) is 11.2. The van der Waals surface area contributed by atoms with Gasteiger partial charge in [0.2, 0.25) is 0 Å². The molecule has 0 amide bonds. The van der Waals surface area contributed by atoms with Crippen molar-refractivity contribution in [1.29, 1.82) is 0 Å². The Labute approximate surface area is 172 Å². The number of thioether (sulfide) groups is 1. The fourth-order valence-electron chi connectivity index (χ4n) is 4.06. The third-order valence-corrected chi connectivity index (χ3v) is 6.89. The number of para-hydroxylation sites is 1. The zero-order valence-electron chi connectivity index (χ0n) is 16.9. The average Bonchev–Trinajstić information content (AvgIpc) is 3.27. The Bertz CT molecular complexity index is 941. The van der Waals surface area contributed by atoms with Crippen molar-refractivity contribution in [3.8, 4) is 5.69 Å². The van der Waals surface area contributed by atoms with Gasteiger partial charge >= 0.3 is 0 Å². The number of benzene rings is 1. The molecule has 0 radical (unpaired) electrons. The standard InChI is InChI=1S/C23H28N4S/c1-6-26-18(5)21(24-17(4)22-12-15(2)14-28-22)13-20-16(3)25-27(23(20)26)19-10-8-7-9-11-19/h7-11,14,21-22,24H,4-6,12-13H2,1-3H3. The van der Waals surface area contributed by atoms with Gasteiger partial charge in [0.25, 0.3) is 0 Å². The number of nitrogens with one attached hydrogen (secondary N) is 1. The number of fused-ring (bicyclic) bond motifs is 1. The summed E-state index contributed by atoms with van der Waals surface area (Å²) in [5.74, 6) is 1.15. The molecule has 28 heavy (non-hydrogen) atoms. The highest BCUT2D eigenvalue weighted by molar-refractivity contribution is 8.03. The van der Waals surface area contributed by atoms with E-state index < -0.39 is 0 Å². The van der Waals surface area contributed by atoms with Crippen LogP contribution in [0.3, 0.4) is 0 Å². The van der Waals surface area contributed by atoms with Crippen molar-refractivity contribution in [3.05, 3.63) is 77.1 Å². The second-order valence-electron chi connectivity index (χ2n) is 7.59. The van der Waals surface area contributed by atoms with Crippen LogP contribution in [-0.2, 0) is 6.42 Å². The van der Waals surface area contributed by atoms with E-state index in [1.54, 1.807) is 0 Å². The molecule has 2 aromatic rings. The maximum Gasteiger partial charge on any atom is 0.140 e. The molecular formula is C23H28N4S. The molecule has 2 unspecified atom stereocenters. The van der Waals surface area contributed by atoms with Crippen LogP contribution in [0.2, 0.25) is 0 Å². The van der Waals surface area contributed by atoms with Crippen molar-refractivity contribution in [2.45, 2.75) is 44.9 Å². The van der Waals surface area contributed by atoms with Crippen LogP contribution in [-0.4, -0.2) is 27.6 Å². The number of nitrogens with zero attached hydrogens (tertiary/aromatic N) is 3. The first-order valence-electron chi connectivity index (χ1n) is 9.86. The van der Waals surface area contributed by atoms with E-state index in [0.717, 1.165) is 48.0 Å². The van der Waals surface area contributed by atoms with Gasteiger partial charge in [-0.1, -0.05) is 36.9 Å². The van der Waals surface area contributed by atoms with Gasteiger partial charge in [-0.05, 0) is 44.7 Å². The predicted octanol–water partition coefficient (Wildman–Crippen LogP) is 4.96. The van der Waals surface area contributed by atoms with Crippen LogP contribution >= 0.6 is 11.8 Å². The van der Waals surface area contributed by atoms with E-state index in [1.165, 1.54) is 11.1 Å². The quantitative estimate of drug-likeness (QED) is 0.780. The molecule has 0 saturated carbocycles. The highest BCUT2D eigenvalue weighted by Gasteiger charge is 2.34. The summed E-state index contributed by atoms with van der Waals surface area (Å²) in [7, 11) is 0. The lowest BCUT2D eigenvalue weighted by Crippen LogP contribution is -2.45. The number of likely N-dealkylation sites (N-methyl/N-ethyl adjacent to an activating group) is 1. The van der Waals surface area contributed by atoms with E-state index in [2.05, 4.69) is 78.5 Å². The summed E-state index contributed by atoms with van der Waals surface area (Å²) < 4.78 is 2.06. The number of aryl methyl sites for hydroxylation is 1. The SMILES string of the molecule is C=C(NC1Cc2c(C)nn(-c3ccccc3)c2N(CC)C1=C)C1CC(C)=CS1. The summed E-state index contributed by atoms with van der Waals surface area (Å²) in [6, 6.07) is 10.5. The first-order valence-corrected chi connectivity index (χ1v) is 10.8. The molecule has 146 valence electrons. The monoisotopic (exact) mass is 392 g/mol. The number of allylic oxidation sites excluding steroid dienone is 1. The van der Waals surface area contributed by atoms with E-state index in [9.17, 15) is 0 Å². The summed E-state index contributed by atoms with van der Waals surface area (Å²) in [5.41, 5.74) is 7.06. The van der Waals surface area contributed by atoms with Gasteiger partial charge in [0.05, 0.1) is 22.7 Å². The molecule has 1 N–H and O–H groups in total.